The van der Waals surface area contributed by atoms with E-state index in [1.165, 1.54) is 12.8 Å². The molecule has 3 rings (SSSR count). The van der Waals surface area contributed by atoms with E-state index < -0.39 is 9.84 Å². The van der Waals surface area contributed by atoms with E-state index in [0.717, 1.165) is 26.0 Å². The van der Waals surface area contributed by atoms with Crippen LogP contribution < -0.4 is 0 Å². The molecule has 1 heterocycles. The van der Waals surface area contributed by atoms with Crippen LogP contribution in [0.4, 0.5) is 0 Å². The SMILES string of the molecule is O=S(=O)(CCN1CCO[C@@H]2CCCC[C@@H]21)c1ccccc1. The first kappa shape index (κ1) is 15.0. The number of fused-ring (bicyclic) bond motifs is 1. The van der Waals surface area contributed by atoms with Crippen molar-refractivity contribution in [2.75, 3.05) is 25.4 Å². The van der Waals surface area contributed by atoms with Crippen molar-refractivity contribution in [3.8, 4) is 0 Å². The highest BCUT2D eigenvalue weighted by atomic mass is 32.2. The molecule has 1 aromatic rings. The maximum absolute atomic E-state index is 12.4. The van der Waals surface area contributed by atoms with Gasteiger partial charge in [0.05, 0.1) is 23.4 Å². The van der Waals surface area contributed by atoms with Gasteiger partial charge in [-0.3, -0.25) is 4.90 Å². The zero-order valence-electron chi connectivity index (χ0n) is 12.3. The molecule has 0 amide bonds. The van der Waals surface area contributed by atoms with Crippen LogP contribution in [0.25, 0.3) is 0 Å². The molecule has 0 unspecified atom stereocenters. The Labute approximate surface area is 127 Å². The van der Waals surface area contributed by atoms with Crippen LogP contribution in [-0.2, 0) is 14.6 Å². The van der Waals surface area contributed by atoms with E-state index in [1.807, 2.05) is 6.07 Å². The highest BCUT2D eigenvalue weighted by molar-refractivity contribution is 7.91. The normalized spacial score (nSPS) is 27.2. The molecule has 0 radical (unpaired) electrons. The quantitative estimate of drug-likeness (QED) is 0.854. The lowest BCUT2D eigenvalue weighted by Crippen LogP contribution is -2.53. The fraction of sp³-hybridized carbons (Fsp3) is 0.625. The van der Waals surface area contributed by atoms with Crippen LogP contribution in [0.2, 0.25) is 0 Å². The number of morpholine rings is 1. The summed E-state index contributed by atoms with van der Waals surface area (Å²) >= 11 is 0. The predicted molar refractivity (Wildman–Crippen MR) is 82.1 cm³/mol. The number of nitrogens with zero attached hydrogens (tertiary/aromatic N) is 1. The zero-order valence-corrected chi connectivity index (χ0v) is 13.1. The largest absolute Gasteiger partial charge is 0.375 e. The first-order chi connectivity index (χ1) is 10.2. The van der Waals surface area contributed by atoms with E-state index >= 15 is 0 Å². The molecule has 5 heteroatoms. The Bertz CT molecular complexity index is 556. The minimum absolute atomic E-state index is 0.195. The summed E-state index contributed by atoms with van der Waals surface area (Å²) < 4.78 is 30.6. The van der Waals surface area contributed by atoms with Gasteiger partial charge in [0.1, 0.15) is 0 Å². The van der Waals surface area contributed by atoms with Crippen molar-refractivity contribution in [2.45, 2.75) is 42.7 Å². The zero-order chi connectivity index (χ0) is 14.7. The Morgan fingerprint density at radius 3 is 2.71 bits per heavy atom. The van der Waals surface area contributed by atoms with Gasteiger partial charge < -0.3 is 4.74 Å². The lowest BCUT2D eigenvalue weighted by Gasteiger charge is -2.43. The maximum Gasteiger partial charge on any atom is 0.179 e. The van der Waals surface area contributed by atoms with Gasteiger partial charge in [0.25, 0.3) is 0 Å². The van der Waals surface area contributed by atoms with Crippen LogP contribution in [0.15, 0.2) is 35.2 Å². The second-order valence-corrected chi connectivity index (χ2v) is 8.04. The average Bonchev–Trinajstić information content (AvgIpc) is 2.54. The summed E-state index contributed by atoms with van der Waals surface area (Å²) in [6.07, 6.45) is 5.03. The van der Waals surface area contributed by atoms with Crippen LogP contribution in [-0.4, -0.2) is 50.9 Å². The molecule has 1 aliphatic carbocycles. The van der Waals surface area contributed by atoms with Gasteiger partial charge in [0.2, 0.25) is 0 Å². The third kappa shape index (κ3) is 3.47. The van der Waals surface area contributed by atoms with Crippen molar-refractivity contribution in [2.24, 2.45) is 0 Å². The van der Waals surface area contributed by atoms with Crippen LogP contribution in [0.3, 0.4) is 0 Å². The first-order valence-corrected chi connectivity index (χ1v) is 9.45. The summed E-state index contributed by atoms with van der Waals surface area (Å²) in [7, 11) is -3.18. The molecule has 21 heavy (non-hydrogen) atoms. The Kier molecular flexibility index (Phi) is 4.62. The van der Waals surface area contributed by atoms with Gasteiger partial charge in [-0.15, -0.1) is 0 Å². The van der Waals surface area contributed by atoms with E-state index in [0.29, 0.717) is 23.6 Å². The van der Waals surface area contributed by atoms with Crippen LogP contribution in [0.5, 0.6) is 0 Å². The fourth-order valence-corrected chi connectivity index (χ4v) is 4.72. The van der Waals surface area contributed by atoms with E-state index in [2.05, 4.69) is 4.90 Å². The molecule has 0 spiro atoms. The Morgan fingerprint density at radius 1 is 1.14 bits per heavy atom. The molecular formula is C16H23NO3S. The van der Waals surface area contributed by atoms with Crippen molar-refractivity contribution >= 4 is 9.84 Å². The van der Waals surface area contributed by atoms with Crippen molar-refractivity contribution in [1.29, 1.82) is 0 Å². The van der Waals surface area contributed by atoms with E-state index in [-0.39, 0.29) is 5.75 Å². The highest BCUT2D eigenvalue weighted by Gasteiger charge is 2.34. The summed E-state index contributed by atoms with van der Waals surface area (Å²) in [6, 6.07) is 9.17. The Hall–Kier alpha value is -0.910. The van der Waals surface area contributed by atoms with Gasteiger partial charge in [-0.1, -0.05) is 31.0 Å². The van der Waals surface area contributed by atoms with Crippen molar-refractivity contribution < 1.29 is 13.2 Å². The minimum Gasteiger partial charge on any atom is -0.375 e. The molecule has 1 saturated carbocycles. The molecule has 0 N–H and O–H groups in total. The van der Waals surface area contributed by atoms with Crippen molar-refractivity contribution in [3.05, 3.63) is 30.3 Å². The molecule has 0 aromatic heterocycles. The molecule has 2 aliphatic rings. The van der Waals surface area contributed by atoms with Gasteiger partial charge in [-0.25, -0.2) is 8.42 Å². The van der Waals surface area contributed by atoms with Crippen molar-refractivity contribution in [1.82, 2.24) is 4.90 Å². The summed E-state index contributed by atoms with van der Waals surface area (Å²) in [6.45, 7) is 2.19. The molecule has 1 saturated heterocycles. The molecule has 2 atom stereocenters. The third-order valence-corrected chi connectivity index (χ3v) is 6.31. The number of ether oxygens (including phenoxy) is 1. The molecular weight excluding hydrogens is 286 g/mol. The highest BCUT2D eigenvalue weighted by Crippen LogP contribution is 2.28. The molecule has 1 aromatic carbocycles. The van der Waals surface area contributed by atoms with Gasteiger partial charge in [0.15, 0.2) is 9.84 Å². The van der Waals surface area contributed by atoms with E-state index in [9.17, 15) is 8.42 Å². The van der Waals surface area contributed by atoms with Gasteiger partial charge in [0, 0.05) is 19.1 Å². The standard InChI is InChI=1S/C16H23NO3S/c18-21(19,14-6-2-1-3-7-14)13-11-17-10-12-20-16-9-5-4-8-15(16)17/h1-3,6-7,15-16H,4-5,8-13H2/t15-,16+/m0/s1. The molecule has 1 aliphatic heterocycles. The second-order valence-electron chi connectivity index (χ2n) is 5.93. The monoisotopic (exact) mass is 309 g/mol. The lowest BCUT2D eigenvalue weighted by atomic mass is 9.90. The summed E-state index contributed by atoms with van der Waals surface area (Å²) in [5.41, 5.74) is 0. The second kappa shape index (κ2) is 6.46. The average molecular weight is 309 g/mol. The summed E-state index contributed by atoms with van der Waals surface area (Å²) in [4.78, 5) is 2.76. The van der Waals surface area contributed by atoms with E-state index in [4.69, 9.17) is 4.74 Å². The first-order valence-electron chi connectivity index (χ1n) is 7.80. The van der Waals surface area contributed by atoms with Crippen molar-refractivity contribution in [3.63, 3.8) is 0 Å². The minimum atomic E-state index is -3.18. The number of sulfone groups is 1. The Balaban J connectivity index is 1.64. The summed E-state index contributed by atoms with van der Waals surface area (Å²) in [5.74, 6) is 0.195. The van der Waals surface area contributed by atoms with Gasteiger partial charge in [-0.2, -0.15) is 0 Å². The number of rotatable bonds is 4. The molecule has 0 bridgehead atoms. The summed E-state index contributed by atoms with van der Waals surface area (Å²) in [5, 5.41) is 0. The van der Waals surface area contributed by atoms with Gasteiger partial charge >= 0.3 is 0 Å². The topological polar surface area (TPSA) is 46.6 Å². The number of benzene rings is 1. The van der Waals surface area contributed by atoms with Gasteiger partial charge in [-0.05, 0) is 25.0 Å². The number of hydrogen-bond donors (Lipinski definition) is 0. The smallest absolute Gasteiger partial charge is 0.179 e. The lowest BCUT2D eigenvalue weighted by molar-refractivity contribution is -0.0859. The maximum atomic E-state index is 12.4. The predicted octanol–water partition coefficient (Wildman–Crippen LogP) is 2.10. The Morgan fingerprint density at radius 2 is 1.90 bits per heavy atom. The molecule has 116 valence electrons. The van der Waals surface area contributed by atoms with Crippen LogP contribution in [0, 0.1) is 0 Å². The third-order valence-electron chi connectivity index (χ3n) is 4.60. The number of hydrogen-bond acceptors (Lipinski definition) is 4. The van der Waals surface area contributed by atoms with E-state index in [1.54, 1.807) is 24.3 Å². The molecule has 4 nitrogen and oxygen atoms in total. The van der Waals surface area contributed by atoms with Crippen LogP contribution >= 0.6 is 0 Å². The molecule has 2 fully saturated rings. The fourth-order valence-electron chi connectivity index (χ4n) is 3.44. The van der Waals surface area contributed by atoms with Crippen LogP contribution in [0.1, 0.15) is 25.7 Å².